The molecule has 6 nitrogen and oxygen atoms in total. The van der Waals surface area contributed by atoms with Crippen molar-refractivity contribution in [2.75, 3.05) is 25.7 Å². The number of esters is 2. The third-order valence-corrected chi connectivity index (χ3v) is 3.45. The molecule has 144 valence electrons. The Hall–Kier alpha value is -3.23. The molecule has 0 N–H and O–H groups in total. The van der Waals surface area contributed by atoms with Crippen LogP contribution < -0.4 is 9.64 Å². The summed E-state index contributed by atoms with van der Waals surface area (Å²) < 4.78 is 52.8. The molecule has 0 amide bonds. The second-order valence-electron chi connectivity index (χ2n) is 5.13. The highest BCUT2D eigenvalue weighted by Gasteiger charge is 2.28. The molecule has 1 aromatic carbocycles. The molecule has 0 unspecified atom stereocenters. The van der Waals surface area contributed by atoms with Gasteiger partial charge in [-0.2, -0.15) is 0 Å². The van der Waals surface area contributed by atoms with Gasteiger partial charge in [0.2, 0.25) is 0 Å². The fraction of sp³-hybridized carbons (Fsp3) is 0.222. The number of anilines is 1. The van der Waals surface area contributed by atoms with Crippen molar-refractivity contribution in [3.05, 3.63) is 59.7 Å². The summed E-state index contributed by atoms with van der Waals surface area (Å²) in [6.45, 7) is -0.955. The minimum Gasteiger partial charge on any atom is -0.485 e. The van der Waals surface area contributed by atoms with Gasteiger partial charge < -0.3 is 19.1 Å². The molecule has 1 aliphatic heterocycles. The summed E-state index contributed by atoms with van der Waals surface area (Å²) in [6, 6.07) is 3.47. The van der Waals surface area contributed by atoms with Gasteiger partial charge in [-0.05, 0) is 24.3 Å². The summed E-state index contributed by atoms with van der Waals surface area (Å²) in [5.74, 6) is -2.93. The van der Waals surface area contributed by atoms with Gasteiger partial charge in [0.15, 0.2) is 11.6 Å². The Kier molecular flexibility index (Phi) is 6.64. The number of carbonyl (C=O) groups excluding carboxylic acids is 2. The molecule has 1 aromatic rings. The van der Waals surface area contributed by atoms with Gasteiger partial charge in [0.1, 0.15) is 12.3 Å². The number of benzene rings is 1. The van der Waals surface area contributed by atoms with Crippen LogP contribution in [-0.2, 0) is 19.1 Å². The number of rotatable bonds is 6. The molecule has 0 atom stereocenters. The van der Waals surface area contributed by atoms with Crippen molar-refractivity contribution in [1.82, 2.24) is 0 Å². The van der Waals surface area contributed by atoms with E-state index in [0.29, 0.717) is 0 Å². The van der Waals surface area contributed by atoms with Crippen molar-refractivity contribution < 1.29 is 37.0 Å². The highest BCUT2D eigenvalue weighted by Crippen LogP contribution is 2.30. The molecule has 0 aliphatic carbocycles. The van der Waals surface area contributed by atoms with Crippen LogP contribution in [0.25, 0.3) is 0 Å². The van der Waals surface area contributed by atoms with Crippen LogP contribution in [0, 0.1) is 5.82 Å². The Balaban J connectivity index is 2.49. The van der Waals surface area contributed by atoms with E-state index in [9.17, 15) is 22.8 Å². The van der Waals surface area contributed by atoms with Crippen molar-refractivity contribution in [3.63, 3.8) is 0 Å². The average Bonchev–Trinajstić information content (AvgIpc) is 2.88. The summed E-state index contributed by atoms with van der Waals surface area (Å²) in [7, 11) is 2.28. The Morgan fingerprint density at radius 1 is 1.11 bits per heavy atom. The molecule has 1 aliphatic rings. The Labute approximate surface area is 153 Å². The number of alkyl halides is 2. The SMILES string of the molecule is COC(=O)C1=C(C(=O)OC)N(c2ccc(OCC(F)F)c(F)c2)C=CC=C1. The van der Waals surface area contributed by atoms with E-state index < -0.39 is 30.8 Å². The highest BCUT2D eigenvalue weighted by molar-refractivity contribution is 6.05. The third kappa shape index (κ3) is 4.69. The van der Waals surface area contributed by atoms with Gasteiger partial charge in [0.05, 0.1) is 19.8 Å². The van der Waals surface area contributed by atoms with Crippen molar-refractivity contribution in [3.8, 4) is 5.75 Å². The summed E-state index contributed by atoms with van der Waals surface area (Å²) >= 11 is 0. The van der Waals surface area contributed by atoms with E-state index in [1.807, 2.05) is 0 Å². The van der Waals surface area contributed by atoms with Crippen LogP contribution in [0.2, 0.25) is 0 Å². The molecule has 0 spiro atoms. The molecule has 0 radical (unpaired) electrons. The van der Waals surface area contributed by atoms with Crippen LogP contribution in [0.3, 0.4) is 0 Å². The van der Waals surface area contributed by atoms with E-state index in [-0.39, 0.29) is 22.7 Å². The van der Waals surface area contributed by atoms with E-state index in [2.05, 4.69) is 9.47 Å². The summed E-state index contributed by atoms with van der Waals surface area (Å²) in [5, 5.41) is 0. The van der Waals surface area contributed by atoms with Gasteiger partial charge in [-0.3, -0.25) is 0 Å². The van der Waals surface area contributed by atoms with Crippen molar-refractivity contribution in [2.45, 2.75) is 6.43 Å². The Bertz CT molecular complexity index is 817. The smallest absolute Gasteiger partial charge is 0.355 e. The van der Waals surface area contributed by atoms with Crippen LogP contribution in [0.4, 0.5) is 18.9 Å². The summed E-state index contributed by atoms with van der Waals surface area (Å²) in [5.41, 5.74) is -0.165. The predicted octanol–water partition coefficient (Wildman–Crippen LogP) is 2.96. The fourth-order valence-corrected chi connectivity index (χ4v) is 2.28. The fourth-order valence-electron chi connectivity index (χ4n) is 2.28. The molecule has 0 bridgehead atoms. The average molecular weight is 383 g/mol. The zero-order chi connectivity index (χ0) is 20.0. The number of carbonyl (C=O) groups is 2. The highest BCUT2D eigenvalue weighted by atomic mass is 19.3. The zero-order valence-electron chi connectivity index (χ0n) is 14.4. The van der Waals surface area contributed by atoms with E-state index in [1.54, 1.807) is 0 Å². The van der Waals surface area contributed by atoms with Crippen LogP contribution in [-0.4, -0.2) is 39.2 Å². The van der Waals surface area contributed by atoms with Crippen LogP contribution >= 0.6 is 0 Å². The molecule has 0 aromatic heterocycles. The number of allylic oxidation sites excluding steroid dienone is 2. The van der Waals surface area contributed by atoms with Gasteiger partial charge in [-0.25, -0.2) is 22.8 Å². The van der Waals surface area contributed by atoms with Crippen LogP contribution in [0.15, 0.2) is 53.9 Å². The first kappa shape index (κ1) is 20.1. The number of ether oxygens (including phenoxy) is 3. The first-order valence-electron chi connectivity index (χ1n) is 7.64. The van der Waals surface area contributed by atoms with Gasteiger partial charge in [0.25, 0.3) is 6.43 Å². The topological polar surface area (TPSA) is 65.1 Å². The lowest BCUT2D eigenvalue weighted by atomic mass is 10.1. The number of nitrogens with zero attached hydrogens (tertiary/aromatic N) is 1. The van der Waals surface area contributed by atoms with Gasteiger partial charge in [-0.1, -0.05) is 6.08 Å². The van der Waals surface area contributed by atoms with Gasteiger partial charge >= 0.3 is 11.9 Å². The Morgan fingerprint density at radius 2 is 1.81 bits per heavy atom. The van der Waals surface area contributed by atoms with Crippen molar-refractivity contribution >= 4 is 17.6 Å². The van der Waals surface area contributed by atoms with E-state index in [1.165, 1.54) is 35.4 Å². The number of hydrogen-bond acceptors (Lipinski definition) is 6. The second-order valence-corrected chi connectivity index (χ2v) is 5.13. The van der Waals surface area contributed by atoms with Crippen LogP contribution in [0.1, 0.15) is 0 Å². The molecule has 27 heavy (non-hydrogen) atoms. The van der Waals surface area contributed by atoms with Gasteiger partial charge in [-0.15, -0.1) is 0 Å². The maximum absolute atomic E-state index is 14.2. The number of hydrogen-bond donors (Lipinski definition) is 0. The second kappa shape index (κ2) is 8.93. The minimum absolute atomic E-state index is 0.104. The van der Waals surface area contributed by atoms with E-state index >= 15 is 0 Å². The molecule has 0 fully saturated rings. The monoisotopic (exact) mass is 383 g/mol. The number of methoxy groups -OCH3 is 2. The van der Waals surface area contributed by atoms with Gasteiger partial charge in [0, 0.05) is 18.0 Å². The number of halogens is 3. The van der Waals surface area contributed by atoms with Crippen molar-refractivity contribution in [1.29, 1.82) is 0 Å². The lowest BCUT2D eigenvalue weighted by Gasteiger charge is -2.23. The third-order valence-electron chi connectivity index (χ3n) is 3.45. The van der Waals surface area contributed by atoms with E-state index in [0.717, 1.165) is 26.4 Å². The maximum Gasteiger partial charge on any atom is 0.355 e. The van der Waals surface area contributed by atoms with E-state index in [4.69, 9.17) is 4.74 Å². The Morgan fingerprint density at radius 3 is 2.41 bits per heavy atom. The minimum atomic E-state index is -2.75. The first-order chi connectivity index (χ1) is 12.9. The normalized spacial score (nSPS) is 13.6. The lowest BCUT2D eigenvalue weighted by Crippen LogP contribution is -2.27. The van der Waals surface area contributed by atoms with Crippen LogP contribution in [0.5, 0.6) is 5.75 Å². The quantitative estimate of drug-likeness (QED) is 0.704. The summed E-state index contributed by atoms with van der Waals surface area (Å²) in [6.07, 6.45) is 3.02. The zero-order valence-corrected chi connectivity index (χ0v) is 14.4. The lowest BCUT2D eigenvalue weighted by molar-refractivity contribution is -0.139. The molecule has 1 heterocycles. The molecule has 0 saturated heterocycles. The standard InChI is InChI=1S/C18H16F3NO5/c1-25-17(23)12-5-3-4-8-22(16(12)18(24)26-2)11-6-7-14(13(19)9-11)27-10-15(20)21/h3-9,15H,10H2,1-2H3. The summed E-state index contributed by atoms with van der Waals surface area (Å²) in [4.78, 5) is 25.5. The predicted molar refractivity (Wildman–Crippen MR) is 89.7 cm³/mol. The molecule has 9 heteroatoms. The first-order valence-corrected chi connectivity index (χ1v) is 7.64. The largest absolute Gasteiger partial charge is 0.485 e. The molecular weight excluding hydrogens is 367 g/mol. The molecular formula is C18H16F3NO5. The maximum atomic E-state index is 14.2. The van der Waals surface area contributed by atoms with Crippen molar-refractivity contribution in [2.24, 2.45) is 0 Å². The molecule has 0 saturated carbocycles. The molecule has 2 rings (SSSR count).